The molecule has 28 heavy (non-hydrogen) atoms. The van der Waals surface area contributed by atoms with Crippen molar-refractivity contribution < 1.29 is 19.5 Å². The molecule has 2 aliphatic heterocycles. The Labute approximate surface area is 165 Å². The van der Waals surface area contributed by atoms with E-state index in [2.05, 4.69) is 41.4 Å². The fourth-order valence-corrected chi connectivity index (χ4v) is 4.09. The lowest BCUT2D eigenvalue weighted by Gasteiger charge is -2.37. The summed E-state index contributed by atoms with van der Waals surface area (Å²) in [5.41, 5.74) is 1.86. The smallest absolute Gasteiger partial charge is 0.303 e. The van der Waals surface area contributed by atoms with Gasteiger partial charge in [-0.25, -0.2) is 0 Å². The number of piperazine rings is 1. The van der Waals surface area contributed by atoms with Crippen LogP contribution >= 0.6 is 0 Å². The summed E-state index contributed by atoms with van der Waals surface area (Å²) >= 11 is 0. The predicted octanol–water partition coefficient (Wildman–Crippen LogP) is 1.94. The van der Waals surface area contributed by atoms with E-state index >= 15 is 0 Å². The first-order chi connectivity index (χ1) is 13.4. The van der Waals surface area contributed by atoms with Gasteiger partial charge < -0.3 is 20.2 Å². The Hall–Kier alpha value is -2.57. The lowest BCUT2D eigenvalue weighted by molar-refractivity contribution is -0.137. The fraction of sp³-hybridized carbons (Fsp3) is 0.571. The van der Waals surface area contributed by atoms with Gasteiger partial charge in [0.2, 0.25) is 11.8 Å². The molecule has 2 N–H and O–H groups in total. The molecule has 1 aromatic rings. The summed E-state index contributed by atoms with van der Waals surface area (Å²) in [4.78, 5) is 39.5. The SMILES string of the molecule is Cc1ccc(N2CCN(C(=O)CC[C@]3(CCC(=O)O)CCC(=O)N3)CC2)cc1. The summed E-state index contributed by atoms with van der Waals surface area (Å²) in [6, 6.07) is 8.42. The van der Waals surface area contributed by atoms with E-state index in [4.69, 9.17) is 5.11 Å². The van der Waals surface area contributed by atoms with Gasteiger partial charge >= 0.3 is 5.97 Å². The molecule has 7 heteroatoms. The number of carbonyl (C=O) groups is 3. The van der Waals surface area contributed by atoms with Gasteiger partial charge in [-0.3, -0.25) is 14.4 Å². The molecule has 0 saturated carbocycles. The Morgan fingerprint density at radius 3 is 2.29 bits per heavy atom. The minimum absolute atomic E-state index is 0.00367. The first kappa shape index (κ1) is 20.2. The van der Waals surface area contributed by atoms with Gasteiger partial charge in [-0.2, -0.15) is 0 Å². The largest absolute Gasteiger partial charge is 0.481 e. The summed E-state index contributed by atoms with van der Waals surface area (Å²) in [5.74, 6) is -0.844. The van der Waals surface area contributed by atoms with Crippen molar-refractivity contribution in [3.63, 3.8) is 0 Å². The number of nitrogens with zero attached hydrogens (tertiary/aromatic N) is 2. The lowest BCUT2D eigenvalue weighted by Crippen LogP contribution is -2.49. The van der Waals surface area contributed by atoms with Gasteiger partial charge in [0.15, 0.2) is 0 Å². The van der Waals surface area contributed by atoms with E-state index in [0.29, 0.717) is 45.2 Å². The number of aliphatic carboxylic acids is 1. The molecule has 2 heterocycles. The highest BCUT2D eigenvalue weighted by Gasteiger charge is 2.38. The maximum atomic E-state index is 12.7. The normalized spacial score (nSPS) is 22.2. The molecule has 0 radical (unpaired) electrons. The van der Waals surface area contributed by atoms with E-state index < -0.39 is 11.5 Å². The quantitative estimate of drug-likeness (QED) is 0.746. The second-order valence-corrected chi connectivity index (χ2v) is 7.93. The first-order valence-electron chi connectivity index (χ1n) is 9.99. The third-order valence-corrected chi connectivity index (χ3v) is 5.90. The van der Waals surface area contributed by atoms with Crippen LogP contribution in [0.3, 0.4) is 0 Å². The third-order valence-electron chi connectivity index (χ3n) is 5.90. The summed E-state index contributed by atoms with van der Waals surface area (Å²) in [6.45, 7) is 5.03. The molecule has 0 spiro atoms. The molecule has 1 atom stereocenters. The van der Waals surface area contributed by atoms with Crippen molar-refractivity contribution in [3.8, 4) is 0 Å². The van der Waals surface area contributed by atoms with Crippen molar-refractivity contribution in [2.45, 2.75) is 51.0 Å². The van der Waals surface area contributed by atoms with E-state index in [0.717, 1.165) is 13.1 Å². The predicted molar refractivity (Wildman–Crippen MR) is 106 cm³/mol. The first-order valence-corrected chi connectivity index (χ1v) is 9.99. The van der Waals surface area contributed by atoms with Crippen LogP contribution in [0.2, 0.25) is 0 Å². The Morgan fingerprint density at radius 1 is 1.07 bits per heavy atom. The minimum atomic E-state index is -0.876. The van der Waals surface area contributed by atoms with E-state index in [1.807, 2.05) is 4.90 Å². The van der Waals surface area contributed by atoms with Gasteiger partial charge in [0.05, 0.1) is 0 Å². The monoisotopic (exact) mass is 387 g/mol. The highest BCUT2D eigenvalue weighted by atomic mass is 16.4. The number of carboxylic acids is 1. The van der Waals surface area contributed by atoms with Crippen LogP contribution in [-0.4, -0.2) is 59.5 Å². The minimum Gasteiger partial charge on any atom is -0.481 e. The standard InChI is InChI=1S/C21H29N3O4/c1-16-2-4-17(5-3-16)23-12-14-24(15-13-23)19(26)7-10-21(11-8-20(27)28)9-6-18(25)22-21/h2-5H,6-15H2,1H3,(H,22,25)(H,27,28)/t21-/m0/s1. The number of amides is 2. The third kappa shape index (κ3) is 5.03. The number of aryl methyl sites for hydroxylation is 1. The Kier molecular flexibility index (Phi) is 6.21. The average molecular weight is 387 g/mol. The molecule has 2 amide bonds. The van der Waals surface area contributed by atoms with Crippen molar-refractivity contribution in [2.75, 3.05) is 31.1 Å². The van der Waals surface area contributed by atoms with E-state index in [-0.39, 0.29) is 18.2 Å². The van der Waals surface area contributed by atoms with Crippen LogP contribution in [0.25, 0.3) is 0 Å². The maximum Gasteiger partial charge on any atom is 0.303 e. The van der Waals surface area contributed by atoms with Crippen LogP contribution in [0.1, 0.15) is 44.1 Å². The summed E-state index contributed by atoms with van der Waals surface area (Å²) < 4.78 is 0. The highest BCUT2D eigenvalue weighted by molar-refractivity contribution is 5.80. The second kappa shape index (κ2) is 8.63. The van der Waals surface area contributed by atoms with E-state index in [1.54, 1.807) is 0 Å². The molecule has 152 valence electrons. The maximum absolute atomic E-state index is 12.7. The number of hydrogen-bond donors (Lipinski definition) is 2. The number of benzene rings is 1. The van der Waals surface area contributed by atoms with Crippen LogP contribution in [0.4, 0.5) is 5.69 Å². The Bertz CT molecular complexity index is 726. The van der Waals surface area contributed by atoms with Gasteiger partial charge in [-0.1, -0.05) is 17.7 Å². The van der Waals surface area contributed by atoms with Crippen molar-refractivity contribution in [1.29, 1.82) is 0 Å². The van der Waals surface area contributed by atoms with Crippen molar-refractivity contribution in [3.05, 3.63) is 29.8 Å². The molecular formula is C21H29N3O4. The zero-order chi connectivity index (χ0) is 20.1. The molecule has 2 saturated heterocycles. The molecular weight excluding hydrogens is 358 g/mol. The fourth-order valence-electron chi connectivity index (χ4n) is 4.09. The molecule has 0 unspecified atom stereocenters. The number of anilines is 1. The summed E-state index contributed by atoms with van der Waals surface area (Å²) in [5, 5.41) is 11.9. The van der Waals surface area contributed by atoms with Gasteiger partial charge in [0, 0.05) is 56.7 Å². The number of hydrogen-bond acceptors (Lipinski definition) is 4. The van der Waals surface area contributed by atoms with Gasteiger partial charge in [0.1, 0.15) is 0 Å². The second-order valence-electron chi connectivity index (χ2n) is 7.93. The number of carboxylic acid groups (broad SMARTS) is 1. The van der Waals surface area contributed by atoms with E-state index in [1.165, 1.54) is 11.3 Å². The molecule has 0 aromatic heterocycles. The topological polar surface area (TPSA) is 90.0 Å². The number of carbonyl (C=O) groups excluding carboxylic acids is 2. The van der Waals surface area contributed by atoms with Crippen molar-refractivity contribution in [2.24, 2.45) is 0 Å². The Balaban J connectivity index is 1.50. The molecule has 2 aliphatic rings. The Morgan fingerprint density at radius 2 is 1.71 bits per heavy atom. The summed E-state index contributed by atoms with van der Waals surface area (Å²) in [6.07, 6.45) is 2.23. The zero-order valence-electron chi connectivity index (χ0n) is 16.4. The van der Waals surface area contributed by atoms with Crippen LogP contribution in [-0.2, 0) is 14.4 Å². The molecule has 0 bridgehead atoms. The van der Waals surface area contributed by atoms with Crippen LogP contribution in [0, 0.1) is 6.92 Å². The average Bonchev–Trinajstić information content (AvgIpc) is 3.07. The van der Waals surface area contributed by atoms with Gasteiger partial charge in [0.25, 0.3) is 0 Å². The van der Waals surface area contributed by atoms with E-state index in [9.17, 15) is 14.4 Å². The molecule has 0 aliphatic carbocycles. The summed E-state index contributed by atoms with van der Waals surface area (Å²) in [7, 11) is 0. The van der Waals surface area contributed by atoms with Crippen LogP contribution in [0.5, 0.6) is 0 Å². The number of nitrogens with one attached hydrogen (secondary N) is 1. The lowest BCUT2D eigenvalue weighted by atomic mass is 9.86. The zero-order valence-corrected chi connectivity index (χ0v) is 16.4. The molecule has 7 nitrogen and oxygen atoms in total. The van der Waals surface area contributed by atoms with Crippen molar-refractivity contribution >= 4 is 23.5 Å². The van der Waals surface area contributed by atoms with Crippen molar-refractivity contribution in [1.82, 2.24) is 10.2 Å². The van der Waals surface area contributed by atoms with Crippen LogP contribution < -0.4 is 10.2 Å². The molecule has 2 fully saturated rings. The van der Waals surface area contributed by atoms with Crippen LogP contribution in [0.15, 0.2) is 24.3 Å². The van der Waals surface area contributed by atoms with Gasteiger partial charge in [-0.15, -0.1) is 0 Å². The van der Waals surface area contributed by atoms with Gasteiger partial charge in [-0.05, 0) is 38.3 Å². The molecule has 3 rings (SSSR count). The highest BCUT2D eigenvalue weighted by Crippen LogP contribution is 2.30. The number of rotatable bonds is 7. The molecule has 1 aromatic carbocycles.